The van der Waals surface area contributed by atoms with E-state index < -0.39 is 17.7 Å². The van der Waals surface area contributed by atoms with Gasteiger partial charge in [-0.2, -0.15) is 0 Å². The number of hydrogen-bond donors (Lipinski definition) is 1. The van der Waals surface area contributed by atoms with Crippen molar-refractivity contribution in [2.45, 2.75) is 65.1 Å². The zero-order valence-corrected chi connectivity index (χ0v) is 15.3. The summed E-state index contributed by atoms with van der Waals surface area (Å²) in [6.45, 7) is 9.89. The Kier molecular flexibility index (Phi) is 5.52. The largest absolute Gasteiger partial charge is 0.444 e. The number of rotatable bonds is 3. The number of ether oxygens (including phenoxy) is 1. The highest BCUT2D eigenvalue weighted by Crippen LogP contribution is 2.34. The van der Waals surface area contributed by atoms with Crippen molar-refractivity contribution in [2.75, 3.05) is 6.54 Å². The lowest BCUT2D eigenvalue weighted by atomic mass is 9.99. The SMILES string of the molecule is Cc1ccccc1[C@@H]1CCCN1C(=O)[C@H](C)NC(=O)OC(C)(C)C. The van der Waals surface area contributed by atoms with Gasteiger partial charge < -0.3 is 15.0 Å². The monoisotopic (exact) mass is 332 g/mol. The van der Waals surface area contributed by atoms with Gasteiger partial charge in [0.25, 0.3) is 0 Å². The lowest BCUT2D eigenvalue weighted by Crippen LogP contribution is -2.48. The molecule has 5 heteroatoms. The van der Waals surface area contributed by atoms with Crippen molar-refractivity contribution >= 4 is 12.0 Å². The quantitative estimate of drug-likeness (QED) is 0.920. The highest BCUT2D eigenvalue weighted by atomic mass is 16.6. The summed E-state index contributed by atoms with van der Waals surface area (Å²) < 4.78 is 5.23. The van der Waals surface area contributed by atoms with E-state index in [1.54, 1.807) is 27.7 Å². The molecule has 1 N–H and O–H groups in total. The second-order valence-corrected chi connectivity index (χ2v) is 7.41. The minimum atomic E-state index is -0.607. The van der Waals surface area contributed by atoms with E-state index >= 15 is 0 Å². The maximum Gasteiger partial charge on any atom is 0.408 e. The van der Waals surface area contributed by atoms with Crippen molar-refractivity contribution in [3.8, 4) is 0 Å². The molecular formula is C19H28N2O3. The van der Waals surface area contributed by atoms with Crippen LogP contribution in [0.3, 0.4) is 0 Å². The third kappa shape index (κ3) is 4.49. The van der Waals surface area contributed by atoms with Gasteiger partial charge in [0.1, 0.15) is 11.6 Å². The molecule has 1 aromatic rings. The van der Waals surface area contributed by atoms with E-state index in [9.17, 15) is 9.59 Å². The van der Waals surface area contributed by atoms with Crippen molar-refractivity contribution in [1.82, 2.24) is 10.2 Å². The first kappa shape index (κ1) is 18.3. The Morgan fingerprint density at radius 3 is 2.58 bits per heavy atom. The van der Waals surface area contributed by atoms with Crippen LogP contribution < -0.4 is 5.32 Å². The van der Waals surface area contributed by atoms with Crippen LogP contribution in [-0.2, 0) is 9.53 Å². The van der Waals surface area contributed by atoms with Gasteiger partial charge in [0.15, 0.2) is 0 Å². The highest BCUT2D eigenvalue weighted by molar-refractivity contribution is 5.86. The predicted octanol–water partition coefficient (Wildman–Crippen LogP) is 3.57. The van der Waals surface area contributed by atoms with E-state index in [1.165, 1.54) is 11.1 Å². The van der Waals surface area contributed by atoms with Gasteiger partial charge in [-0.05, 0) is 58.6 Å². The smallest absolute Gasteiger partial charge is 0.408 e. The molecule has 24 heavy (non-hydrogen) atoms. The van der Waals surface area contributed by atoms with Gasteiger partial charge in [-0.25, -0.2) is 4.79 Å². The molecule has 0 saturated carbocycles. The normalized spacial score (nSPS) is 19.0. The molecule has 1 aromatic carbocycles. The molecule has 1 aliphatic heterocycles. The minimum absolute atomic E-state index is 0.0633. The highest BCUT2D eigenvalue weighted by Gasteiger charge is 2.34. The molecule has 0 aromatic heterocycles. The fraction of sp³-hybridized carbons (Fsp3) is 0.579. The summed E-state index contributed by atoms with van der Waals surface area (Å²) in [6, 6.07) is 7.64. The summed E-state index contributed by atoms with van der Waals surface area (Å²) in [5.41, 5.74) is 1.80. The maximum atomic E-state index is 12.8. The summed E-state index contributed by atoms with van der Waals surface area (Å²) in [7, 11) is 0. The van der Waals surface area contributed by atoms with Gasteiger partial charge >= 0.3 is 6.09 Å². The van der Waals surface area contributed by atoms with Crippen molar-refractivity contribution < 1.29 is 14.3 Å². The molecule has 0 radical (unpaired) electrons. The second-order valence-electron chi connectivity index (χ2n) is 7.41. The van der Waals surface area contributed by atoms with E-state index in [0.29, 0.717) is 0 Å². The zero-order chi connectivity index (χ0) is 17.9. The van der Waals surface area contributed by atoms with Crippen LogP contribution in [0.5, 0.6) is 0 Å². The Hall–Kier alpha value is -2.04. The molecule has 5 nitrogen and oxygen atoms in total. The molecular weight excluding hydrogens is 304 g/mol. The summed E-state index contributed by atoms with van der Waals surface area (Å²) in [4.78, 5) is 26.6. The van der Waals surface area contributed by atoms with Crippen LogP contribution in [0.2, 0.25) is 0 Å². The number of carbonyl (C=O) groups excluding carboxylic acids is 2. The lowest BCUT2D eigenvalue weighted by molar-refractivity contribution is -0.134. The third-order valence-electron chi connectivity index (χ3n) is 4.19. The van der Waals surface area contributed by atoms with Gasteiger partial charge in [-0.15, -0.1) is 0 Å². The Morgan fingerprint density at radius 2 is 1.96 bits per heavy atom. The van der Waals surface area contributed by atoms with E-state index in [2.05, 4.69) is 24.4 Å². The van der Waals surface area contributed by atoms with Gasteiger partial charge in [0, 0.05) is 6.54 Å². The molecule has 1 fully saturated rings. The number of carbonyl (C=O) groups is 2. The third-order valence-corrected chi connectivity index (χ3v) is 4.19. The summed E-state index contributed by atoms with van der Waals surface area (Å²) in [5.74, 6) is -0.0633. The molecule has 1 heterocycles. The minimum Gasteiger partial charge on any atom is -0.444 e. The van der Waals surface area contributed by atoms with E-state index in [0.717, 1.165) is 19.4 Å². The molecule has 1 saturated heterocycles. The average Bonchev–Trinajstić information content (AvgIpc) is 2.93. The first-order chi connectivity index (χ1) is 11.2. The molecule has 1 aliphatic rings. The summed E-state index contributed by atoms with van der Waals surface area (Å²) in [6.07, 6.45) is 1.37. The van der Waals surface area contributed by atoms with Gasteiger partial charge in [-0.1, -0.05) is 24.3 Å². The first-order valence-electron chi connectivity index (χ1n) is 8.54. The van der Waals surface area contributed by atoms with Crippen LogP contribution in [0.1, 0.15) is 57.7 Å². The van der Waals surface area contributed by atoms with Gasteiger partial charge in [-0.3, -0.25) is 4.79 Å². The fourth-order valence-corrected chi connectivity index (χ4v) is 3.11. The van der Waals surface area contributed by atoms with Crippen LogP contribution in [0.15, 0.2) is 24.3 Å². The molecule has 0 spiro atoms. The number of nitrogens with one attached hydrogen (secondary N) is 1. The Morgan fingerprint density at radius 1 is 1.29 bits per heavy atom. The Labute approximate surface area is 144 Å². The molecule has 0 aliphatic carbocycles. The maximum absolute atomic E-state index is 12.8. The van der Waals surface area contributed by atoms with Crippen molar-refractivity contribution in [2.24, 2.45) is 0 Å². The van der Waals surface area contributed by atoms with Gasteiger partial charge in [0.05, 0.1) is 6.04 Å². The molecule has 2 atom stereocenters. The zero-order valence-electron chi connectivity index (χ0n) is 15.3. The number of alkyl carbamates (subject to hydrolysis) is 1. The van der Waals surface area contributed by atoms with E-state index in [1.807, 2.05) is 17.0 Å². The number of amides is 2. The standard InChI is InChI=1S/C19H28N2O3/c1-13-9-6-7-10-15(13)16-11-8-12-21(16)17(22)14(2)20-18(23)24-19(3,4)5/h6-7,9-10,14,16H,8,11-12H2,1-5H3,(H,20,23)/t14-,16-/m0/s1. The van der Waals surface area contributed by atoms with Crippen molar-refractivity contribution in [3.63, 3.8) is 0 Å². The fourth-order valence-electron chi connectivity index (χ4n) is 3.11. The Bertz CT molecular complexity index is 607. The van der Waals surface area contributed by atoms with Crippen molar-refractivity contribution in [3.05, 3.63) is 35.4 Å². The van der Waals surface area contributed by atoms with Crippen LogP contribution in [0, 0.1) is 6.92 Å². The van der Waals surface area contributed by atoms with Gasteiger partial charge in [0.2, 0.25) is 5.91 Å². The summed E-state index contributed by atoms with van der Waals surface area (Å²) in [5, 5.41) is 2.65. The van der Waals surface area contributed by atoms with Crippen LogP contribution in [-0.4, -0.2) is 35.1 Å². The van der Waals surface area contributed by atoms with Crippen LogP contribution >= 0.6 is 0 Å². The van der Waals surface area contributed by atoms with E-state index in [-0.39, 0.29) is 11.9 Å². The molecule has 0 bridgehead atoms. The number of nitrogens with zero attached hydrogens (tertiary/aromatic N) is 1. The molecule has 0 unspecified atom stereocenters. The lowest BCUT2D eigenvalue weighted by Gasteiger charge is -2.29. The number of hydrogen-bond acceptors (Lipinski definition) is 3. The first-order valence-corrected chi connectivity index (χ1v) is 8.54. The number of likely N-dealkylation sites (tertiary alicyclic amines) is 1. The molecule has 132 valence electrons. The summed E-state index contributed by atoms with van der Waals surface area (Å²) >= 11 is 0. The number of aryl methyl sites for hydroxylation is 1. The van der Waals surface area contributed by atoms with Crippen LogP contribution in [0.4, 0.5) is 4.79 Å². The topological polar surface area (TPSA) is 58.6 Å². The predicted molar refractivity (Wildman–Crippen MR) is 93.7 cm³/mol. The van der Waals surface area contributed by atoms with Crippen LogP contribution in [0.25, 0.3) is 0 Å². The van der Waals surface area contributed by atoms with Crippen molar-refractivity contribution in [1.29, 1.82) is 0 Å². The molecule has 2 amide bonds. The Balaban J connectivity index is 2.05. The second kappa shape index (κ2) is 7.24. The molecule has 2 rings (SSSR count). The average molecular weight is 332 g/mol. The van der Waals surface area contributed by atoms with E-state index in [4.69, 9.17) is 4.74 Å². The number of benzene rings is 1.